The molecule has 0 bridgehead atoms. The van der Waals surface area contributed by atoms with Gasteiger partial charge in [-0.15, -0.1) is 0 Å². The van der Waals surface area contributed by atoms with Crippen molar-refractivity contribution in [2.75, 3.05) is 30.8 Å². The number of nitrogens with one attached hydrogen (secondary N) is 1. The van der Waals surface area contributed by atoms with E-state index in [0.29, 0.717) is 19.1 Å². The summed E-state index contributed by atoms with van der Waals surface area (Å²) in [5.41, 5.74) is 5.73. The molecule has 1 aromatic carbocycles. The molecule has 1 aromatic rings. The van der Waals surface area contributed by atoms with Crippen LogP contribution in [0.3, 0.4) is 0 Å². The predicted molar refractivity (Wildman–Crippen MR) is 69.5 cm³/mol. The first-order valence-electron chi connectivity index (χ1n) is 6.07. The second-order valence-corrected chi connectivity index (χ2v) is 4.60. The van der Waals surface area contributed by atoms with Crippen LogP contribution in [-0.4, -0.2) is 19.8 Å². The van der Waals surface area contributed by atoms with E-state index in [0.717, 1.165) is 19.1 Å². The zero-order valence-corrected chi connectivity index (χ0v) is 10.8. The van der Waals surface area contributed by atoms with Crippen LogP contribution in [0.1, 0.15) is 20.3 Å². The van der Waals surface area contributed by atoms with Crippen LogP contribution in [-0.2, 0) is 4.74 Å². The molecule has 0 aliphatic heterocycles. The molecule has 0 spiro atoms. The van der Waals surface area contributed by atoms with Crippen LogP contribution in [0.4, 0.5) is 20.2 Å². The highest BCUT2D eigenvalue weighted by Crippen LogP contribution is 2.23. The van der Waals surface area contributed by atoms with Crippen molar-refractivity contribution in [3.05, 3.63) is 23.8 Å². The molecule has 0 saturated heterocycles. The first kappa shape index (κ1) is 14.7. The quantitative estimate of drug-likeness (QED) is 0.584. The van der Waals surface area contributed by atoms with Crippen LogP contribution < -0.4 is 11.1 Å². The lowest BCUT2D eigenvalue weighted by atomic mass is 10.2. The minimum absolute atomic E-state index is 0.0560. The van der Waals surface area contributed by atoms with Crippen molar-refractivity contribution in [3.8, 4) is 0 Å². The highest BCUT2D eigenvalue weighted by Gasteiger charge is 2.07. The fraction of sp³-hybridized carbons (Fsp3) is 0.538. The van der Waals surface area contributed by atoms with E-state index in [4.69, 9.17) is 10.5 Å². The summed E-state index contributed by atoms with van der Waals surface area (Å²) < 4.78 is 31.5. The minimum atomic E-state index is -0.742. The summed E-state index contributed by atoms with van der Waals surface area (Å²) in [6.07, 6.45) is 0.754. The topological polar surface area (TPSA) is 47.3 Å². The average Bonchev–Trinajstić information content (AvgIpc) is 2.29. The van der Waals surface area contributed by atoms with Gasteiger partial charge >= 0.3 is 0 Å². The SMILES string of the molecule is CC(C)COCCCNc1cc(F)cc(F)c1N. The van der Waals surface area contributed by atoms with Gasteiger partial charge in [-0.2, -0.15) is 0 Å². The Kier molecular flexibility index (Phi) is 5.85. The highest BCUT2D eigenvalue weighted by molar-refractivity contribution is 5.66. The van der Waals surface area contributed by atoms with Gasteiger partial charge in [0.15, 0.2) is 5.82 Å². The van der Waals surface area contributed by atoms with E-state index in [2.05, 4.69) is 19.2 Å². The molecule has 0 amide bonds. The van der Waals surface area contributed by atoms with Crippen molar-refractivity contribution in [3.63, 3.8) is 0 Å². The molecule has 0 aromatic heterocycles. The van der Waals surface area contributed by atoms with Gasteiger partial charge in [-0.1, -0.05) is 13.8 Å². The van der Waals surface area contributed by atoms with Crippen molar-refractivity contribution in [1.29, 1.82) is 0 Å². The van der Waals surface area contributed by atoms with Gasteiger partial charge in [-0.25, -0.2) is 8.78 Å². The van der Waals surface area contributed by atoms with E-state index in [1.807, 2.05) is 0 Å². The van der Waals surface area contributed by atoms with Crippen molar-refractivity contribution < 1.29 is 13.5 Å². The summed E-state index contributed by atoms with van der Waals surface area (Å²) >= 11 is 0. The Bertz CT molecular complexity index is 383. The van der Waals surface area contributed by atoms with Crippen LogP contribution in [0.5, 0.6) is 0 Å². The highest BCUT2D eigenvalue weighted by atomic mass is 19.1. The van der Waals surface area contributed by atoms with E-state index >= 15 is 0 Å². The van der Waals surface area contributed by atoms with E-state index in [9.17, 15) is 8.78 Å². The first-order valence-corrected chi connectivity index (χ1v) is 6.07. The fourth-order valence-corrected chi connectivity index (χ4v) is 1.45. The number of anilines is 2. The standard InChI is InChI=1S/C13H20F2N2O/c1-9(2)8-18-5-3-4-17-12-7-10(14)6-11(15)13(12)16/h6-7,9,17H,3-5,8,16H2,1-2H3. The van der Waals surface area contributed by atoms with Gasteiger partial charge < -0.3 is 15.8 Å². The Labute approximate surface area is 106 Å². The van der Waals surface area contributed by atoms with Gasteiger partial charge in [0.1, 0.15) is 5.82 Å². The van der Waals surface area contributed by atoms with Crippen LogP contribution in [0.15, 0.2) is 12.1 Å². The molecule has 0 heterocycles. The molecule has 5 heteroatoms. The summed E-state index contributed by atoms with van der Waals surface area (Å²) in [4.78, 5) is 0. The summed E-state index contributed by atoms with van der Waals surface area (Å²) in [6.45, 7) is 6.05. The predicted octanol–water partition coefficient (Wildman–Crippen LogP) is 3.02. The van der Waals surface area contributed by atoms with Gasteiger partial charge in [-0.3, -0.25) is 0 Å². The van der Waals surface area contributed by atoms with Crippen molar-refractivity contribution in [1.82, 2.24) is 0 Å². The maximum absolute atomic E-state index is 13.1. The number of benzene rings is 1. The summed E-state index contributed by atoms with van der Waals surface area (Å²) in [5.74, 6) is -0.875. The maximum Gasteiger partial charge on any atom is 0.151 e. The van der Waals surface area contributed by atoms with Crippen molar-refractivity contribution >= 4 is 11.4 Å². The average molecular weight is 258 g/mol. The number of rotatable bonds is 7. The lowest BCUT2D eigenvalue weighted by Gasteiger charge is -2.11. The lowest BCUT2D eigenvalue weighted by molar-refractivity contribution is 0.110. The molecule has 18 heavy (non-hydrogen) atoms. The molecule has 3 nitrogen and oxygen atoms in total. The number of ether oxygens (including phenoxy) is 1. The molecule has 0 fully saturated rings. The second-order valence-electron chi connectivity index (χ2n) is 4.60. The van der Waals surface area contributed by atoms with Gasteiger partial charge in [-0.05, 0) is 18.4 Å². The molecular formula is C13H20F2N2O. The lowest BCUT2D eigenvalue weighted by Crippen LogP contribution is -2.10. The third-order valence-corrected chi connectivity index (χ3v) is 2.33. The molecule has 0 unspecified atom stereocenters. The summed E-state index contributed by atoms with van der Waals surface area (Å²) in [5, 5.41) is 2.90. The number of hydrogen-bond donors (Lipinski definition) is 2. The third-order valence-electron chi connectivity index (χ3n) is 2.33. The number of nitrogen functional groups attached to an aromatic ring is 1. The van der Waals surface area contributed by atoms with E-state index in [-0.39, 0.29) is 11.4 Å². The Hall–Kier alpha value is -1.36. The van der Waals surface area contributed by atoms with Gasteiger partial charge in [0.25, 0.3) is 0 Å². The van der Waals surface area contributed by atoms with Gasteiger partial charge in [0.05, 0.1) is 11.4 Å². The molecule has 102 valence electrons. The monoisotopic (exact) mass is 258 g/mol. The van der Waals surface area contributed by atoms with Crippen LogP contribution in [0.25, 0.3) is 0 Å². The molecule has 0 radical (unpaired) electrons. The van der Waals surface area contributed by atoms with Crippen molar-refractivity contribution in [2.45, 2.75) is 20.3 Å². The maximum atomic E-state index is 13.1. The largest absolute Gasteiger partial charge is 0.395 e. The van der Waals surface area contributed by atoms with Crippen LogP contribution in [0, 0.1) is 17.6 Å². The summed E-state index contributed by atoms with van der Waals surface area (Å²) in [7, 11) is 0. The number of halogens is 2. The van der Waals surface area contributed by atoms with E-state index in [1.165, 1.54) is 6.07 Å². The first-order chi connectivity index (χ1) is 8.50. The third kappa shape index (κ3) is 4.87. The molecule has 0 aliphatic carbocycles. The van der Waals surface area contributed by atoms with Gasteiger partial charge in [0, 0.05) is 25.8 Å². The Morgan fingerprint density at radius 3 is 2.72 bits per heavy atom. The Balaban J connectivity index is 2.31. The zero-order chi connectivity index (χ0) is 13.5. The zero-order valence-electron chi connectivity index (χ0n) is 10.8. The second kappa shape index (κ2) is 7.16. The molecular weight excluding hydrogens is 238 g/mol. The van der Waals surface area contributed by atoms with Crippen LogP contribution in [0.2, 0.25) is 0 Å². The van der Waals surface area contributed by atoms with E-state index in [1.54, 1.807) is 0 Å². The number of nitrogens with two attached hydrogens (primary N) is 1. The summed E-state index contributed by atoms with van der Waals surface area (Å²) in [6, 6.07) is 1.96. The van der Waals surface area contributed by atoms with Crippen molar-refractivity contribution in [2.24, 2.45) is 5.92 Å². The fourth-order valence-electron chi connectivity index (χ4n) is 1.45. The normalized spacial score (nSPS) is 10.9. The smallest absolute Gasteiger partial charge is 0.151 e. The molecule has 0 atom stereocenters. The molecule has 0 aliphatic rings. The Morgan fingerprint density at radius 1 is 1.33 bits per heavy atom. The Morgan fingerprint density at radius 2 is 2.06 bits per heavy atom. The molecule has 0 saturated carbocycles. The van der Waals surface area contributed by atoms with Crippen LogP contribution >= 0.6 is 0 Å². The molecule has 3 N–H and O–H groups in total. The van der Waals surface area contributed by atoms with E-state index < -0.39 is 11.6 Å². The molecule has 1 rings (SSSR count). The van der Waals surface area contributed by atoms with Gasteiger partial charge in [0.2, 0.25) is 0 Å². The number of hydrogen-bond acceptors (Lipinski definition) is 3. The minimum Gasteiger partial charge on any atom is -0.395 e.